The summed E-state index contributed by atoms with van der Waals surface area (Å²) >= 11 is 0. The zero-order valence-electron chi connectivity index (χ0n) is 12.0. The quantitative estimate of drug-likeness (QED) is 0.486. The maximum absolute atomic E-state index is 11.5. The molecule has 114 valence electrons. The zero-order valence-corrected chi connectivity index (χ0v) is 12.0. The molecule has 5 nitrogen and oxygen atoms in total. The number of rotatable bonds is 3. The minimum absolute atomic E-state index is 0.181. The van der Waals surface area contributed by atoms with Gasteiger partial charge in [-0.25, -0.2) is 0 Å². The van der Waals surface area contributed by atoms with Gasteiger partial charge >= 0.3 is 11.9 Å². The summed E-state index contributed by atoms with van der Waals surface area (Å²) in [7, 11) is 0. The number of carbonyl (C=O) groups is 2. The summed E-state index contributed by atoms with van der Waals surface area (Å²) in [5.74, 6) is 1.22. The summed E-state index contributed by atoms with van der Waals surface area (Å²) < 4.78 is 15.9. The Morgan fingerprint density at radius 2 is 1.91 bits per heavy atom. The van der Waals surface area contributed by atoms with Crippen LogP contribution in [0.3, 0.4) is 0 Å². The molecule has 1 saturated heterocycles. The number of hydrogen-bond donors (Lipinski definition) is 0. The highest BCUT2D eigenvalue weighted by molar-refractivity contribution is 5.93. The van der Waals surface area contributed by atoms with E-state index in [4.69, 9.17) is 20.6 Å². The van der Waals surface area contributed by atoms with Gasteiger partial charge in [-0.1, -0.05) is 18.1 Å². The van der Waals surface area contributed by atoms with Crippen LogP contribution in [-0.2, 0) is 19.1 Å². The third-order valence-electron chi connectivity index (χ3n) is 3.99. The number of carbonyl (C=O) groups excluding carboxylic acids is 2. The maximum atomic E-state index is 11.5. The molecule has 0 amide bonds. The molecule has 1 unspecified atom stereocenters. The van der Waals surface area contributed by atoms with Crippen LogP contribution < -0.4 is 4.74 Å². The van der Waals surface area contributed by atoms with E-state index in [2.05, 4.69) is 5.92 Å². The zero-order chi connectivity index (χ0) is 15.6. The van der Waals surface area contributed by atoms with Gasteiger partial charge in [0.1, 0.15) is 18.8 Å². The molecular formula is C17H16O5. The van der Waals surface area contributed by atoms with Crippen molar-refractivity contribution >= 4 is 11.9 Å². The average molecular weight is 300 g/mol. The number of benzene rings is 1. The molecule has 0 N–H and O–H groups in total. The third kappa shape index (κ3) is 2.91. The molecule has 1 aliphatic heterocycles. The summed E-state index contributed by atoms with van der Waals surface area (Å²) in [6.45, 7) is 0.234. The van der Waals surface area contributed by atoms with Gasteiger partial charge in [0.2, 0.25) is 0 Å². The molecule has 1 atom stereocenters. The Bertz CT molecular complexity index is 609. The minimum Gasteiger partial charge on any atom is -0.481 e. The summed E-state index contributed by atoms with van der Waals surface area (Å²) in [6, 6.07) is 7.64. The van der Waals surface area contributed by atoms with Crippen molar-refractivity contribution in [3.63, 3.8) is 0 Å². The maximum Gasteiger partial charge on any atom is 0.320 e. The molecule has 3 rings (SSSR count). The number of hydrogen-bond acceptors (Lipinski definition) is 5. The van der Waals surface area contributed by atoms with Crippen LogP contribution in [0.25, 0.3) is 0 Å². The standard InChI is InChI=1S/C17H16O5/c1-2-9-20-14-5-3-12(4-6-14)13-7-8-17(11-13)21-15(18)10-16(19)22-17/h1,3-6,13H,7-11H2. The van der Waals surface area contributed by atoms with Crippen LogP contribution in [-0.4, -0.2) is 24.3 Å². The highest BCUT2D eigenvalue weighted by Gasteiger charge is 2.49. The van der Waals surface area contributed by atoms with Crippen molar-refractivity contribution in [1.82, 2.24) is 0 Å². The topological polar surface area (TPSA) is 61.8 Å². The van der Waals surface area contributed by atoms with Gasteiger partial charge in [0.15, 0.2) is 0 Å². The second kappa shape index (κ2) is 5.72. The fraction of sp³-hybridized carbons (Fsp3) is 0.412. The van der Waals surface area contributed by atoms with Gasteiger partial charge in [-0.05, 0) is 30.0 Å². The first-order valence-corrected chi connectivity index (χ1v) is 7.20. The number of ether oxygens (including phenoxy) is 3. The van der Waals surface area contributed by atoms with E-state index in [0.29, 0.717) is 18.6 Å². The Morgan fingerprint density at radius 3 is 2.55 bits per heavy atom. The van der Waals surface area contributed by atoms with Gasteiger partial charge in [0, 0.05) is 12.8 Å². The predicted octanol–water partition coefficient (Wildman–Crippen LogP) is 2.15. The van der Waals surface area contributed by atoms with Gasteiger partial charge in [-0.3, -0.25) is 9.59 Å². The molecule has 1 saturated carbocycles. The van der Waals surface area contributed by atoms with Crippen LogP contribution in [0, 0.1) is 12.3 Å². The van der Waals surface area contributed by atoms with E-state index in [9.17, 15) is 9.59 Å². The fourth-order valence-electron chi connectivity index (χ4n) is 3.03. The fourth-order valence-corrected chi connectivity index (χ4v) is 3.03. The first-order chi connectivity index (χ1) is 10.6. The van der Waals surface area contributed by atoms with E-state index in [0.717, 1.165) is 12.0 Å². The summed E-state index contributed by atoms with van der Waals surface area (Å²) in [6.07, 6.45) is 6.68. The van der Waals surface area contributed by atoms with Crippen molar-refractivity contribution < 1.29 is 23.8 Å². The van der Waals surface area contributed by atoms with Crippen LogP contribution >= 0.6 is 0 Å². The lowest BCUT2D eigenvalue weighted by Gasteiger charge is -2.32. The normalized spacial score (nSPS) is 22.8. The van der Waals surface area contributed by atoms with Crippen LogP contribution in [0.5, 0.6) is 5.75 Å². The Morgan fingerprint density at radius 1 is 1.23 bits per heavy atom. The van der Waals surface area contributed by atoms with E-state index in [-0.39, 0.29) is 18.9 Å². The van der Waals surface area contributed by atoms with E-state index < -0.39 is 17.7 Å². The van der Waals surface area contributed by atoms with Crippen molar-refractivity contribution in [1.29, 1.82) is 0 Å². The van der Waals surface area contributed by atoms with Gasteiger partial charge in [-0.15, -0.1) is 6.42 Å². The molecule has 5 heteroatoms. The van der Waals surface area contributed by atoms with Gasteiger partial charge in [-0.2, -0.15) is 0 Å². The smallest absolute Gasteiger partial charge is 0.320 e. The van der Waals surface area contributed by atoms with E-state index in [1.165, 1.54) is 0 Å². The molecule has 1 aromatic rings. The largest absolute Gasteiger partial charge is 0.481 e. The first kappa shape index (κ1) is 14.5. The number of terminal acetylenes is 1. The predicted molar refractivity (Wildman–Crippen MR) is 76.9 cm³/mol. The molecule has 0 radical (unpaired) electrons. The Labute approximate surface area is 128 Å². The third-order valence-corrected chi connectivity index (χ3v) is 3.99. The monoisotopic (exact) mass is 300 g/mol. The van der Waals surface area contributed by atoms with Crippen LogP contribution in [0.15, 0.2) is 24.3 Å². The highest BCUT2D eigenvalue weighted by atomic mass is 16.7. The Kier molecular flexibility index (Phi) is 3.76. The van der Waals surface area contributed by atoms with Gasteiger partial charge in [0.25, 0.3) is 5.79 Å². The second-order valence-electron chi connectivity index (χ2n) is 5.54. The van der Waals surface area contributed by atoms with Crippen molar-refractivity contribution in [2.24, 2.45) is 0 Å². The lowest BCUT2D eigenvalue weighted by atomic mass is 9.97. The van der Waals surface area contributed by atoms with Crippen LogP contribution in [0.4, 0.5) is 0 Å². The molecule has 2 aliphatic rings. The molecule has 22 heavy (non-hydrogen) atoms. The summed E-state index contributed by atoms with van der Waals surface area (Å²) in [4.78, 5) is 22.9. The highest BCUT2D eigenvalue weighted by Crippen LogP contribution is 2.45. The van der Waals surface area contributed by atoms with Crippen LogP contribution in [0.2, 0.25) is 0 Å². The SMILES string of the molecule is C#CCOc1ccc(C2CCC3(C2)OC(=O)CC(=O)O3)cc1. The number of esters is 2. The molecule has 1 aliphatic carbocycles. The van der Waals surface area contributed by atoms with Crippen molar-refractivity contribution in [3.8, 4) is 18.1 Å². The molecule has 1 heterocycles. The molecule has 2 fully saturated rings. The molecule has 1 spiro atoms. The van der Waals surface area contributed by atoms with Crippen molar-refractivity contribution in [2.45, 2.75) is 37.4 Å². The molecule has 0 aromatic heterocycles. The van der Waals surface area contributed by atoms with Crippen molar-refractivity contribution in [3.05, 3.63) is 29.8 Å². The summed E-state index contributed by atoms with van der Waals surface area (Å²) in [5, 5.41) is 0. The second-order valence-corrected chi connectivity index (χ2v) is 5.54. The van der Waals surface area contributed by atoms with Crippen LogP contribution in [0.1, 0.15) is 37.2 Å². The van der Waals surface area contributed by atoms with E-state index in [1.807, 2.05) is 24.3 Å². The van der Waals surface area contributed by atoms with Crippen molar-refractivity contribution in [2.75, 3.05) is 6.61 Å². The average Bonchev–Trinajstić information content (AvgIpc) is 2.87. The Balaban J connectivity index is 1.68. The molecular weight excluding hydrogens is 284 g/mol. The molecule has 0 bridgehead atoms. The minimum atomic E-state index is -1.07. The van der Waals surface area contributed by atoms with Gasteiger partial charge in [0.05, 0.1) is 0 Å². The van der Waals surface area contributed by atoms with E-state index >= 15 is 0 Å². The lowest BCUT2D eigenvalue weighted by Crippen LogP contribution is -2.43. The Hall–Kier alpha value is -2.48. The lowest BCUT2D eigenvalue weighted by molar-refractivity contribution is -0.241. The summed E-state index contributed by atoms with van der Waals surface area (Å²) in [5.41, 5.74) is 1.10. The first-order valence-electron chi connectivity index (χ1n) is 7.20. The molecule has 1 aromatic carbocycles. The van der Waals surface area contributed by atoms with E-state index in [1.54, 1.807) is 0 Å². The van der Waals surface area contributed by atoms with Gasteiger partial charge < -0.3 is 14.2 Å².